The first-order valence-corrected chi connectivity index (χ1v) is 7.54. The number of hydrogen-bond donors (Lipinski definition) is 0. The third-order valence-corrected chi connectivity index (χ3v) is 3.44. The summed E-state index contributed by atoms with van der Waals surface area (Å²) in [5.41, 5.74) is 0.795. The summed E-state index contributed by atoms with van der Waals surface area (Å²) >= 11 is 2.19. The number of benzene rings is 1. The van der Waals surface area contributed by atoms with Gasteiger partial charge in [0, 0.05) is 6.61 Å². The van der Waals surface area contributed by atoms with Crippen molar-refractivity contribution in [2.45, 2.75) is 6.92 Å². The van der Waals surface area contributed by atoms with Crippen molar-refractivity contribution in [2.24, 2.45) is 0 Å². The van der Waals surface area contributed by atoms with Gasteiger partial charge in [-0.15, -0.1) is 0 Å². The van der Waals surface area contributed by atoms with Crippen LogP contribution in [-0.2, 0) is 19.0 Å². The monoisotopic (exact) mass is 406 g/mol. The van der Waals surface area contributed by atoms with Gasteiger partial charge in [0.05, 0.1) is 24.4 Å². The van der Waals surface area contributed by atoms with E-state index < -0.39 is 5.97 Å². The van der Waals surface area contributed by atoms with Gasteiger partial charge in [0.1, 0.15) is 12.4 Å². The number of hydrogen-bond acceptors (Lipinski definition) is 5. The van der Waals surface area contributed by atoms with Crippen LogP contribution in [0.2, 0.25) is 0 Å². The van der Waals surface area contributed by atoms with Gasteiger partial charge in [0.2, 0.25) is 5.76 Å². The second kappa shape index (κ2) is 9.62. The summed E-state index contributed by atoms with van der Waals surface area (Å²) in [6, 6.07) is 5.63. The summed E-state index contributed by atoms with van der Waals surface area (Å²) < 4.78 is 21.5. The first-order valence-electron chi connectivity index (χ1n) is 6.46. The van der Waals surface area contributed by atoms with Crippen molar-refractivity contribution in [3.8, 4) is 5.75 Å². The van der Waals surface area contributed by atoms with Crippen molar-refractivity contribution in [3.63, 3.8) is 0 Å². The highest BCUT2D eigenvalue weighted by atomic mass is 127. The number of carbonyl (C=O) groups is 1. The number of methoxy groups -OCH3 is 2. The quantitative estimate of drug-likeness (QED) is 0.219. The Morgan fingerprint density at radius 1 is 1.24 bits per heavy atom. The third-order valence-electron chi connectivity index (χ3n) is 2.55. The maximum Gasteiger partial charge on any atom is 0.373 e. The molecule has 0 N–H and O–H groups in total. The molecule has 21 heavy (non-hydrogen) atoms. The second-order valence-corrected chi connectivity index (χ2v) is 5.10. The molecular weight excluding hydrogens is 387 g/mol. The number of ether oxygens (including phenoxy) is 4. The lowest BCUT2D eigenvalue weighted by atomic mass is 10.2. The summed E-state index contributed by atoms with van der Waals surface area (Å²) in [4.78, 5) is 11.5. The van der Waals surface area contributed by atoms with E-state index in [1.165, 1.54) is 14.2 Å². The lowest BCUT2D eigenvalue weighted by molar-refractivity contribution is -0.139. The molecule has 0 aliphatic heterocycles. The third kappa shape index (κ3) is 5.92. The van der Waals surface area contributed by atoms with Crippen molar-refractivity contribution >= 4 is 34.6 Å². The molecule has 116 valence electrons. The first-order chi connectivity index (χ1) is 10.1. The molecule has 0 atom stereocenters. The van der Waals surface area contributed by atoms with E-state index in [-0.39, 0.29) is 5.76 Å². The van der Waals surface area contributed by atoms with Crippen molar-refractivity contribution in [2.75, 3.05) is 34.0 Å². The molecule has 0 radical (unpaired) electrons. The highest BCUT2D eigenvalue weighted by molar-refractivity contribution is 14.1. The van der Waals surface area contributed by atoms with Crippen LogP contribution in [0.25, 0.3) is 6.08 Å². The van der Waals surface area contributed by atoms with Crippen molar-refractivity contribution in [1.29, 1.82) is 0 Å². The van der Waals surface area contributed by atoms with Crippen LogP contribution in [-0.4, -0.2) is 40.0 Å². The van der Waals surface area contributed by atoms with E-state index in [1.807, 2.05) is 25.1 Å². The maximum atomic E-state index is 11.5. The SMILES string of the molecule is CCOCCOc1cc(/C=C(/OC)C(=O)OC)ccc1I. The minimum Gasteiger partial charge on any atom is -0.490 e. The Labute approximate surface area is 138 Å². The van der Waals surface area contributed by atoms with Crippen LogP contribution in [0, 0.1) is 3.57 Å². The van der Waals surface area contributed by atoms with Crippen LogP contribution in [0.15, 0.2) is 24.0 Å². The van der Waals surface area contributed by atoms with E-state index in [0.29, 0.717) is 19.8 Å². The Morgan fingerprint density at radius 2 is 2.00 bits per heavy atom. The molecule has 1 aromatic carbocycles. The second-order valence-electron chi connectivity index (χ2n) is 3.94. The zero-order chi connectivity index (χ0) is 15.7. The van der Waals surface area contributed by atoms with E-state index >= 15 is 0 Å². The largest absolute Gasteiger partial charge is 0.490 e. The lowest BCUT2D eigenvalue weighted by Crippen LogP contribution is -2.07. The molecule has 5 nitrogen and oxygen atoms in total. The van der Waals surface area contributed by atoms with Crippen molar-refractivity contribution in [3.05, 3.63) is 33.1 Å². The number of esters is 1. The molecular formula is C15H19IO5. The molecule has 0 aliphatic rings. The first kappa shape index (κ1) is 17.8. The van der Waals surface area contributed by atoms with Crippen LogP contribution in [0.4, 0.5) is 0 Å². The molecule has 0 bridgehead atoms. The fraction of sp³-hybridized carbons (Fsp3) is 0.400. The topological polar surface area (TPSA) is 54.0 Å². The smallest absolute Gasteiger partial charge is 0.373 e. The van der Waals surface area contributed by atoms with E-state index in [2.05, 4.69) is 27.3 Å². The van der Waals surface area contributed by atoms with E-state index in [1.54, 1.807) is 6.08 Å². The van der Waals surface area contributed by atoms with Gasteiger partial charge in [-0.3, -0.25) is 0 Å². The summed E-state index contributed by atoms with van der Waals surface area (Å²) in [5.74, 6) is 0.359. The summed E-state index contributed by atoms with van der Waals surface area (Å²) in [5, 5.41) is 0. The fourth-order valence-electron chi connectivity index (χ4n) is 1.53. The van der Waals surface area contributed by atoms with E-state index in [0.717, 1.165) is 14.9 Å². The molecule has 0 aliphatic carbocycles. The number of halogens is 1. The molecule has 0 fully saturated rings. The average molecular weight is 406 g/mol. The molecule has 0 heterocycles. The Balaban J connectivity index is 2.85. The zero-order valence-electron chi connectivity index (χ0n) is 12.3. The number of rotatable bonds is 8. The fourth-order valence-corrected chi connectivity index (χ4v) is 2.02. The van der Waals surface area contributed by atoms with Crippen LogP contribution in [0.3, 0.4) is 0 Å². The van der Waals surface area contributed by atoms with Gasteiger partial charge in [0.15, 0.2) is 0 Å². The van der Waals surface area contributed by atoms with Gasteiger partial charge in [0.25, 0.3) is 0 Å². The summed E-state index contributed by atoms with van der Waals surface area (Å²) in [6.07, 6.45) is 1.61. The van der Waals surface area contributed by atoms with E-state index in [4.69, 9.17) is 14.2 Å². The van der Waals surface area contributed by atoms with Gasteiger partial charge in [-0.2, -0.15) is 0 Å². The molecule has 0 aromatic heterocycles. The molecule has 0 unspecified atom stereocenters. The Bertz CT molecular complexity index is 499. The highest BCUT2D eigenvalue weighted by Crippen LogP contribution is 2.24. The zero-order valence-corrected chi connectivity index (χ0v) is 14.5. The molecule has 6 heteroatoms. The standard InChI is InChI=1S/C15H19IO5/c1-4-20-7-8-21-13-9-11(5-6-12(13)16)10-14(18-2)15(17)19-3/h5-6,9-10H,4,7-8H2,1-3H3/b14-10+. The van der Waals surface area contributed by atoms with Gasteiger partial charge in [-0.25, -0.2) is 4.79 Å². The lowest BCUT2D eigenvalue weighted by Gasteiger charge is -2.10. The van der Waals surface area contributed by atoms with Gasteiger partial charge < -0.3 is 18.9 Å². The Hall–Kier alpha value is -1.28. The van der Waals surface area contributed by atoms with Crippen molar-refractivity contribution in [1.82, 2.24) is 0 Å². The van der Waals surface area contributed by atoms with Crippen LogP contribution in [0.1, 0.15) is 12.5 Å². The van der Waals surface area contributed by atoms with Crippen LogP contribution in [0.5, 0.6) is 5.75 Å². The van der Waals surface area contributed by atoms with Gasteiger partial charge in [-0.05, 0) is 53.3 Å². The normalized spacial score (nSPS) is 11.1. The van der Waals surface area contributed by atoms with Crippen LogP contribution >= 0.6 is 22.6 Å². The maximum absolute atomic E-state index is 11.5. The van der Waals surface area contributed by atoms with Gasteiger partial charge >= 0.3 is 5.97 Å². The molecule has 1 aromatic rings. The highest BCUT2D eigenvalue weighted by Gasteiger charge is 2.10. The van der Waals surface area contributed by atoms with Gasteiger partial charge in [-0.1, -0.05) is 6.07 Å². The van der Waals surface area contributed by atoms with Crippen molar-refractivity contribution < 1.29 is 23.7 Å². The molecule has 0 amide bonds. The Kier molecular flexibility index (Phi) is 8.14. The molecule has 1 rings (SSSR count). The predicted molar refractivity (Wildman–Crippen MR) is 88.1 cm³/mol. The average Bonchev–Trinajstić information content (AvgIpc) is 2.50. The minimum absolute atomic E-state index is 0.138. The summed E-state index contributed by atoms with van der Waals surface area (Å²) in [7, 11) is 2.74. The molecule has 0 saturated carbocycles. The predicted octanol–water partition coefficient (Wildman–Crippen LogP) is 2.87. The molecule has 0 spiro atoms. The molecule has 0 saturated heterocycles. The van der Waals surface area contributed by atoms with E-state index in [9.17, 15) is 4.79 Å². The summed E-state index contributed by atoms with van der Waals surface area (Å²) in [6.45, 7) is 3.62. The minimum atomic E-state index is -0.519. The Morgan fingerprint density at radius 3 is 2.62 bits per heavy atom. The van der Waals surface area contributed by atoms with Crippen LogP contribution < -0.4 is 4.74 Å². The number of carbonyl (C=O) groups excluding carboxylic acids is 1.